The van der Waals surface area contributed by atoms with Gasteiger partial charge >= 0.3 is 0 Å². The third-order valence-electron chi connectivity index (χ3n) is 4.74. The van der Waals surface area contributed by atoms with Gasteiger partial charge in [-0.2, -0.15) is 0 Å². The minimum absolute atomic E-state index is 0. The van der Waals surface area contributed by atoms with E-state index in [0.717, 1.165) is 32.0 Å². The molecule has 5 heteroatoms. The summed E-state index contributed by atoms with van der Waals surface area (Å²) < 4.78 is 0. The Kier molecular flexibility index (Phi) is 9.66. The topological polar surface area (TPSA) is 39.7 Å². The molecular formula is C19H33IN4. The second kappa shape index (κ2) is 10.9. The summed E-state index contributed by atoms with van der Waals surface area (Å²) in [5.74, 6) is 1.51. The van der Waals surface area contributed by atoms with E-state index in [-0.39, 0.29) is 24.0 Å². The number of nitrogens with one attached hydrogen (secondary N) is 2. The van der Waals surface area contributed by atoms with Gasteiger partial charge in [0.25, 0.3) is 0 Å². The highest BCUT2D eigenvalue weighted by molar-refractivity contribution is 14.0. The number of halogens is 1. The van der Waals surface area contributed by atoms with Crippen molar-refractivity contribution in [1.29, 1.82) is 0 Å². The highest BCUT2D eigenvalue weighted by Crippen LogP contribution is 2.18. The largest absolute Gasteiger partial charge is 0.356 e. The van der Waals surface area contributed by atoms with Crippen LogP contribution in [0, 0.1) is 5.92 Å². The summed E-state index contributed by atoms with van der Waals surface area (Å²) in [5.41, 5.74) is 3.02. The first kappa shape index (κ1) is 21.2. The zero-order valence-corrected chi connectivity index (χ0v) is 17.8. The summed E-state index contributed by atoms with van der Waals surface area (Å²) in [4.78, 5) is 6.86. The highest BCUT2D eigenvalue weighted by atomic mass is 127. The van der Waals surface area contributed by atoms with Crippen LogP contribution in [0.15, 0.2) is 29.3 Å². The first-order valence-electron chi connectivity index (χ1n) is 8.86. The van der Waals surface area contributed by atoms with Crippen LogP contribution in [0.1, 0.15) is 38.3 Å². The van der Waals surface area contributed by atoms with Crippen molar-refractivity contribution < 1.29 is 0 Å². The van der Waals surface area contributed by atoms with E-state index in [1.54, 1.807) is 0 Å². The molecule has 24 heavy (non-hydrogen) atoms. The van der Waals surface area contributed by atoms with Gasteiger partial charge in [-0.3, -0.25) is 9.89 Å². The molecule has 2 N–H and O–H groups in total. The summed E-state index contributed by atoms with van der Waals surface area (Å²) in [5, 5.41) is 6.87. The van der Waals surface area contributed by atoms with Gasteiger partial charge in [-0.15, -0.1) is 24.0 Å². The minimum atomic E-state index is 0. The average Bonchev–Trinajstić information content (AvgIpc) is 2.57. The monoisotopic (exact) mass is 444 g/mol. The Hall–Kier alpha value is -0.820. The van der Waals surface area contributed by atoms with Crippen molar-refractivity contribution in [3.8, 4) is 0 Å². The van der Waals surface area contributed by atoms with Gasteiger partial charge in [-0.1, -0.05) is 38.1 Å². The molecule has 2 rings (SSSR count). The SMILES string of the molecule is CN=C(NCCCN1CCc2ccccc2C1)NC(C)C(C)C.I. The molecule has 0 saturated carbocycles. The van der Waals surface area contributed by atoms with Gasteiger partial charge in [0.15, 0.2) is 5.96 Å². The molecular weight excluding hydrogens is 411 g/mol. The molecule has 1 unspecified atom stereocenters. The van der Waals surface area contributed by atoms with Crippen molar-refractivity contribution in [1.82, 2.24) is 15.5 Å². The number of hydrogen-bond acceptors (Lipinski definition) is 2. The molecule has 0 amide bonds. The van der Waals surface area contributed by atoms with Crippen LogP contribution in [0.25, 0.3) is 0 Å². The fraction of sp³-hybridized carbons (Fsp3) is 0.632. The van der Waals surface area contributed by atoms with E-state index in [2.05, 4.69) is 65.6 Å². The summed E-state index contributed by atoms with van der Waals surface area (Å²) in [6.45, 7) is 11.0. The van der Waals surface area contributed by atoms with Crippen molar-refractivity contribution in [3.63, 3.8) is 0 Å². The lowest BCUT2D eigenvalue weighted by Gasteiger charge is -2.28. The molecule has 0 fully saturated rings. The number of guanidine groups is 1. The van der Waals surface area contributed by atoms with Crippen molar-refractivity contribution in [2.45, 2.75) is 46.2 Å². The molecule has 136 valence electrons. The van der Waals surface area contributed by atoms with E-state index in [1.807, 2.05) is 7.05 Å². The Balaban J connectivity index is 0.00000288. The van der Waals surface area contributed by atoms with Gasteiger partial charge in [0.05, 0.1) is 0 Å². The van der Waals surface area contributed by atoms with Crippen LogP contribution in [0.2, 0.25) is 0 Å². The fourth-order valence-corrected chi connectivity index (χ4v) is 2.83. The van der Waals surface area contributed by atoms with Crippen LogP contribution in [-0.2, 0) is 13.0 Å². The minimum Gasteiger partial charge on any atom is -0.356 e. The second-order valence-electron chi connectivity index (χ2n) is 6.82. The molecule has 1 aliphatic rings. The second-order valence-corrected chi connectivity index (χ2v) is 6.82. The van der Waals surface area contributed by atoms with Gasteiger partial charge in [0.1, 0.15) is 0 Å². The first-order chi connectivity index (χ1) is 11.1. The molecule has 4 nitrogen and oxygen atoms in total. The van der Waals surface area contributed by atoms with Crippen LogP contribution in [0.5, 0.6) is 0 Å². The van der Waals surface area contributed by atoms with Crippen LogP contribution in [-0.4, -0.2) is 43.6 Å². The molecule has 1 heterocycles. The Morgan fingerprint density at radius 2 is 1.92 bits per heavy atom. The Morgan fingerprint density at radius 3 is 2.58 bits per heavy atom. The van der Waals surface area contributed by atoms with Crippen LogP contribution in [0.4, 0.5) is 0 Å². The van der Waals surface area contributed by atoms with E-state index < -0.39 is 0 Å². The zero-order chi connectivity index (χ0) is 16.7. The summed E-state index contributed by atoms with van der Waals surface area (Å²) in [7, 11) is 1.84. The zero-order valence-electron chi connectivity index (χ0n) is 15.5. The van der Waals surface area contributed by atoms with Gasteiger partial charge in [0.2, 0.25) is 0 Å². The van der Waals surface area contributed by atoms with Gasteiger partial charge < -0.3 is 10.6 Å². The number of nitrogens with zero attached hydrogens (tertiary/aromatic N) is 2. The molecule has 1 aliphatic heterocycles. The molecule has 1 aromatic carbocycles. The first-order valence-corrected chi connectivity index (χ1v) is 8.86. The Bertz CT molecular complexity index is 516. The van der Waals surface area contributed by atoms with Crippen molar-refractivity contribution in [2.24, 2.45) is 10.9 Å². The van der Waals surface area contributed by atoms with E-state index in [0.29, 0.717) is 12.0 Å². The fourth-order valence-electron chi connectivity index (χ4n) is 2.83. The molecule has 0 aliphatic carbocycles. The number of fused-ring (bicyclic) bond motifs is 1. The molecule has 0 spiro atoms. The Labute approximate surface area is 164 Å². The third-order valence-corrected chi connectivity index (χ3v) is 4.74. The van der Waals surface area contributed by atoms with Crippen LogP contribution < -0.4 is 10.6 Å². The number of hydrogen-bond donors (Lipinski definition) is 2. The van der Waals surface area contributed by atoms with E-state index in [1.165, 1.54) is 24.1 Å². The molecule has 0 saturated heterocycles. The number of aliphatic imine (C=N–C) groups is 1. The molecule has 0 bridgehead atoms. The summed E-state index contributed by atoms with van der Waals surface area (Å²) >= 11 is 0. The molecule has 0 radical (unpaired) electrons. The average molecular weight is 444 g/mol. The molecule has 1 atom stereocenters. The molecule has 0 aromatic heterocycles. The predicted molar refractivity (Wildman–Crippen MR) is 114 cm³/mol. The maximum atomic E-state index is 4.31. The maximum Gasteiger partial charge on any atom is 0.191 e. The van der Waals surface area contributed by atoms with E-state index in [4.69, 9.17) is 0 Å². The quantitative estimate of drug-likeness (QED) is 0.306. The van der Waals surface area contributed by atoms with Crippen molar-refractivity contribution in [2.75, 3.05) is 26.7 Å². The highest BCUT2D eigenvalue weighted by Gasteiger charge is 2.15. The van der Waals surface area contributed by atoms with E-state index in [9.17, 15) is 0 Å². The lowest BCUT2D eigenvalue weighted by Crippen LogP contribution is -2.45. The van der Waals surface area contributed by atoms with Gasteiger partial charge in [-0.25, -0.2) is 0 Å². The lowest BCUT2D eigenvalue weighted by molar-refractivity contribution is 0.251. The van der Waals surface area contributed by atoms with Crippen LogP contribution in [0.3, 0.4) is 0 Å². The number of benzene rings is 1. The molecule has 1 aromatic rings. The number of rotatable bonds is 6. The Morgan fingerprint density at radius 1 is 1.21 bits per heavy atom. The summed E-state index contributed by atoms with van der Waals surface area (Å²) in [6, 6.07) is 9.25. The normalized spacial score (nSPS) is 16.3. The predicted octanol–water partition coefficient (Wildman–Crippen LogP) is 3.26. The van der Waals surface area contributed by atoms with Crippen molar-refractivity contribution >= 4 is 29.9 Å². The van der Waals surface area contributed by atoms with Crippen molar-refractivity contribution in [3.05, 3.63) is 35.4 Å². The third kappa shape index (κ3) is 6.59. The maximum absolute atomic E-state index is 4.31. The smallest absolute Gasteiger partial charge is 0.191 e. The lowest BCUT2D eigenvalue weighted by atomic mass is 10.00. The van der Waals surface area contributed by atoms with Gasteiger partial charge in [-0.05, 0) is 36.8 Å². The standard InChI is InChI=1S/C19H32N4.HI/c1-15(2)16(3)22-19(20-4)21-11-7-12-23-13-10-17-8-5-6-9-18(17)14-23;/h5-6,8-9,15-16H,7,10-14H2,1-4H3,(H2,20,21,22);1H. The van der Waals surface area contributed by atoms with Crippen LogP contribution >= 0.6 is 24.0 Å². The van der Waals surface area contributed by atoms with E-state index >= 15 is 0 Å². The van der Waals surface area contributed by atoms with Gasteiger partial charge in [0, 0.05) is 39.3 Å². The summed E-state index contributed by atoms with van der Waals surface area (Å²) in [6.07, 6.45) is 2.32.